The van der Waals surface area contributed by atoms with Gasteiger partial charge in [-0.05, 0) is 49.4 Å². The molecule has 0 amide bonds. The quantitative estimate of drug-likeness (QED) is 0.112. The van der Waals surface area contributed by atoms with E-state index in [4.69, 9.17) is 9.47 Å². The first-order valence-electron chi connectivity index (χ1n) is 13.7. The van der Waals surface area contributed by atoms with E-state index < -0.39 is 41.4 Å². The molecule has 0 spiro atoms. The minimum Gasteiger partial charge on any atom is -0.486 e. The van der Waals surface area contributed by atoms with Crippen molar-refractivity contribution in [3.63, 3.8) is 0 Å². The predicted octanol–water partition coefficient (Wildman–Crippen LogP) is 4.00. The average Bonchev–Trinajstić information content (AvgIpc) is 3.67. The standard InChI is InChI=1S/C28H27N9O9S2/c1-15-19(13-29)25(36(33-15)20-11-10-18(47(39,40)41)12-21(20)48(42,43)44)32-31-23-24(28(2,3)4)35-37-26(23)30-22(34-37)14-46-17-8-6-16(7-9-17)27(38)45-5/h6-12,35H,14H2,1-5H3,(H,39,40,41)(H,42,43,44). The topological polar surface area (TPSA) is 257 Å². The fraction of sp³-hybridized carbons (Fsp3) is 0.250. The van der Waals surface area contributed by atoms with Crippen molar-refractivity contribution in [1.82, 2.24) is 29.6 Å². The molecule has 5 rings (SSSR count). The van der Waals surface area contributed by atoms with Gasteiger partial charge in [-0.15, -0.1) is 15.3 Å². The van der Waals surface area contributed by atoms with Gasteiger partial charge in [-0.1, -0.05) is 20.8 Å². The molecule has 5 aromatic rings. The minimum absolute atomic E-state index is 0.0585. The first kappa shape index (κ1) is 33.9. The van der Waals surface area contributed by atoms with E-state index >= 15 is 0 Å². The van der Waals surface area contributed by atoms with E-state index in [2.05, 4.69) is 30.5 Å². The molecule has 3 heterocycles. The second-order valence-electron chi connectivity index (χ2n) is 11.2. The monoisotopic (exact) mass is 697 g/mol. The average molecular weight is 698 g/mol. The van der Waals surface area contributed by atoms with Crippen molar-refractivity contribution in [2.24, 2.45) is 10.2 Å². The number of carbonyl (C=O) groups excluding carboxylic acids is 1. The van der Waals surface area contributed by atoms with Gasteiger partial charge in [0, 0.05) is 5.41 Å². The van der Waals surface area contributed by atoms with Crippen LogP contribution in [0.3, 0.4) is 0 Å². The summed E-state index contributed by atoms with van der Waals surface area (Å²) in [5, 5.41) is 30.3. The maximum Gasteiger partial charge on any atom is 0.337 e. The Morgan fingerprint density at radius 3 is 2.31 bits per heavy atom. The highest BCUT2D eigenvalue weighted by Gasteiger charge is 2.28. The Balaban J connectivity index is 1.57. The second kappa shape index (κ2) is 12.3. The van der Waals surface area contributed by atoms with E-state index in [1.54, 1.807) is 24.3 Å². The van der Waals surface area contributed by atoms with Crippen LogP contribution in [0.2, 0.25) is 0 Å². The molecule has 3 N–H and O–H groups in total. The van der Waals surface area contributed by atoms with Crippen LogP contribution in [0.4, 0.5) is 11.5 Å². The highest BCUT2D eigenvalue weighted by Crippen LogP contribution is 2.37. The lowest BCUT2D eigenvalue weighted by molar-refractivity contribution is 0.0600. The number of hydrogen-bond acceptors (Lipinski definition) is 13. The molecule has 0 saturated heterocycles. The Labute approximate surface area is 273 Å². The Morgan fingerprint density at radius 2 is 1.73 bits per heavy atom. The summed E-state index contributed by atoms with van der Waals surface area (Å²) in [6, 6.07) is 10.6. The van der Waals surface area contributed by atoms with Crippen molar-refractivity contribution < 1.29 is 40.2 Å². The minimum atomic E-state index is -5.09. The molecule has 0 saturated carbocycles. The molecular weight excluding hydrogens is 670 g/mol. The number of H-pyrrole nitrogens is 1. The fourth-order valence-electron chi connectivity index (χ4n) is 4.53. The maximum absolute atomic E-state index is 12.3. The molecule has 0 aliphatic rings. The number of nitrogens with one attached hydrogen (secondary N) is 1. The number of fused-ring (bicyclic) bond motifs is 1. The molecule has 250 valence electrons. The van der Waals surface area contributed by atoms with Crippen molar-refractivity contribution in [1.29, 1.82) is 5.26 Å². The molecule has 0 atom stereocenters. The summed E-state index contributed by atoms with van der Waals surface area (Å²) in [5.74, 6) is -0.0438. The molecule has 0 unspecified atom stereocenters. The summed E-state index contributed by atoms with van der Waals surface area (Å²) in [7, 11) is -8.65. The number of ether oxygens (including phenoxy) is 2. The van der Waals surface area contributed by atoms with Gasteiger partial charge in [0.15, 0.2) is 17.3 Å². The molecule has 48 heavy (non-hydrogen) atoms. The van der Waals surface area contributed by atoms with Gasteiger partial charge < -0.3 is 9.47 Å². The highest BCUT2D eigenvalue weighted by atomic mass is 32.2. The molecule has 0 fully saturated rings. The van der Waals surface area contributed by atoms with E-state index in [9.17, 15) is 36.0 Å². The van der Waals surface area contributed by atoms with Gasteiger partial charge in [0.1, 0.15) is 28.9 Å². The van der Waals surface area contributed by atoms with E-state index in [0.717, 1.165) is 16.8 Å². The molecular formula is C28H27N9O9S2. The lowest BCUT2D eigenvalue weighted by Gasteiger charge is -2.16. The third-order valence-electron chi connectivity index (χ3n) is 6.84. The molecule has 0 aliphatic heterocycles. The molecule has 0 bridgehead atoms. The third kappa shape index (κ3) is 6.65. The number of nitrogens with zero attached hydrogens (tertiary/aromatic N) is 8. The van der Waals surface area contributed by atoms with Crippen LogP contribution in [0.1, 0.15) is 53.9 Å². The smallest absolute Gasteiger partial charge is 0.337 e. The number of aromatic amines is 1. The summed E-state index contributed by atoms with van der Waals surface area (Å²) >= 11 is 0. The highest BCUT2D eigenvalue weighted by molar-refractivity contribution is 7.86. The maximum atomic E-state index is 12.3. The third-order valence-corrected chi connectivity index (χ3v) is 8.57. The second-order valence-corrected chi connectivity index (χ2v) is 14.1. The lowest BCUT2D eigenvalue weighted by Crippen LogP contribution is -2.13. The van der Waals surface area contributed by atoms with Gasteiger partial charge >= 0.3 is 5.97 Å². The summed E-state index contributed by atoms with van der Waals surface area (Å²) < 4.78 is 80.0. The van der Waals surface area contributed by atoms with Crippen molar-refractivity contribution in [2.75, 3.05) is 7.11 Å². The Hall–Kier alpha value is -5.49. The van der Waals surface area contributed by atoms with Gasteiger partial charge in [0.25, 0.3) is 20.2 Å². The van der Waals surface area contributed by atoms with Gasteiger partial charge in [-0.3, -0.25) is 14.2 Å². The molecule has 20 heteroatoms. The number of nitriles is 1. The van der Waals surface area contributed by atoms with E-state index in [-0.39, 0.29) is 46.5 Å². The number of hydrogen-bond donors (Lipinski definition) is 3. The Kier molecular flexibility index (Phi) is 8.66. The summed E-state index contributed by atoms with van der Waals surface area (Å²) in [4.78, 5) is 14.5. The Bertz CT molecular complexity index is 2360. The van der Waals surface area contributed by atoms with Gasteiger partial charge in [-0.2, -0.15) is 31.8 Å². The van der Waals surface area contributed by atoms with Crippen molar-refractivity contribution in [2.45, 2.75) is 49.5 Å². The zero-order valence-corrected chi connectivity index (χ0v) is 27.5. The van der Waals surface area contributed by atoms with Crippen LogP contribution < -0.4 is 4.74 Å². The van der Waals surface area contributed by atoms with Crippen LogP contribution >= 0.6 is 0 Å². The summed E-state index contributed by atoms with van der Waals surface area (Å²) in [6.07, 6.45) is 0. The van der Waals surface area contributed by atoms with Crippen LogP contribution in [0, 0.1) is 18.3 Å². The van der Waals surface area contributed by atoms with E-state index in [1.807, 2.05) is 26.8 Å². The molecule has 3 aromatic heterocycles. The van der Waals surface area contributed by atoms with E-state index in [1.165, 1.54) is 18.7 Å². The predicted molar refractivity (Wildman–Crippen MR) is 165 cm³/mol. The van der Waals surface area contributed by atoms with Crippen LogP contribution in [0.15, 0.2) is 62.5 Å². The zero-order chi connectivity index (χ0) is 35.2. The first-order valence-corrected chi connectivity index (χ1v) is 16.6. The first-order chi connectivity index (χ1) is 22.4. The number of esters is 1. The SMILES string of the molecule is COC(=O)c1ccc(OCc2nc3c(N=Nc4c(C#N)c(C)nn4-c4ccc(S(=O)(=O)O)cc4S(=O)(=O)O)c(C(C)(C)C)[nH]n3n2)cc1. The fourth-order valence-corrected chi connectivity index (χ4v) is 5.80. The number of rotatable bonds is 9. The van der Waals surface area contributed by atoms with Crippen LogP contribution in [-0.4, -0.2) is 68.6 Å². The lowest BCUT2D eigenvalue weighted by atomic mass is 9.91. The summed E-state index contributed by atoms with van der Waals surface area (Å²) in [6.45, 7) is 7.07. The van der Waals surface area contributed by atoms with Crippen molar-refractivity contribution >= 4 is 43.4 Å². The summed E-state index contributed by atoms with van der Waals surface area (Å²) in [5.41, 5.74) is 0.441. The number of benzene rings is 2. The largest absolute Gasteiger partial charge is 0.486 e. The van der Waals surface area contributed by atoms with Gasteiger partial charge in [-0.25, -0.2) is 14.5 Å². The van der Waals surface area contributed by atoms with Crippen LogP contribution in [-0.2, 0) is 37.0 Å². The van der Waals surface area contributed by atoms with Gasteiger partial charge in [0.05, 0.1) is 34.6 Å². The number of methoxy groups -OCH3 is 1. The normalized spacial score (nSPS) is 12.5. The molecule has 2 aromatic carbocycles. The number of aromatic nitrogens is 6. The molecule has 0 radical (unpaired) electrons. The van der Waals surface area contributed by atoms with Crippen LogP contribution in [0.25, 0.3) is 11.3 Å². The van der Waals surface area contributed by atoms with Crippen LogP contribution in [0.5, 0.6) is 5.75 Å². The van der Waals surface area contributed by atoms with Gasteiger partial charge in [0.2, 0.25) is 5.65 Å². The molecule has 18 nitrogen and oxygen atoms in total. The zero-order valence-electron chi connectivity index (χ0n) is 25.9. The number of aryl methyl sites for hydroxylation is 1. The number of carbonyl (C=O) groups is 1. The Morgan fingerprint density at radius 1 is 1.04 bits per heavy atom. The van der Waals surface area contributed by atoms with Crippen molar-refractivity contribution in [3.8, 4) is 17.5 Å². The number of azo groups is 1. The molecule has 0 aliphatic carbocycles. The van der Waals surface area contributed by atoms with E-state index in [0.29, 0.717) is 23.1 Å². The van der Waals surface area contributed by atoms with Crippen molar-refractivity contribution in [3.05, 3.63) is 70.8 Å².